The molecular weight excluding hydrogens is 593 g/mol. The average Bonchev–Trinajstić information content (AvgIpc) is 3.64. The lowest BCUT2D eigenvalue weighted by Gasteiger charge is -2.32. The molecule has 3 fully saturated rings. The van der Waals surface area contributed by atoms with Gasteiger partial charge in [-0.05, 0) is 58.0 Å². The van der Waals surface area contributed by atoms with Crippen LogP contribution in [0.4, 0.5) is 0 Å². The lowest BCUT2D eigenvalue weighted by Crippen LogP contribution is -2.41. The molecule has 3 aliphatic rings. The maximum Gasteiger partial charge on any atom is 0.494 e. The van der Waals surface area contributed by atoms with Gasteiger partial charge in [0.05, 0.1) is 47.3 Å². The largest absolute Gasteiger partial charge is 0.494 e. The third-order valence-corrected chi connectivity index (χ3v) is 10.3. The molecule has 0 spiro atoms. The van der Waals surface area contributed by atoms with Crippen LogP contribution in [0.2, 0.25) is 5.02 Å². The van der Waals surface area contributed by atoms with Crippen molar-refractivity contribution in [3.8, 4) is 17.3 Å². The molecule has 3 saturated heterocycles. The number of hydrogen-bond acceptors (Lipinski definition) is 9. The molecule has 0 aliphatic carbocycles. The van der Waals surface area contributed by atoms with Crippen molar-refractivity contribution in [2.45, 2.75) is 70.0 Å². The van der Waals surface area contributed by atoms with Crippen LogP contribution in [0.15, 0.2) is 30.3 Å². The van der Waals surface area contributed by atoms with E-state index in [0.29, 0.717) is 41.1 Å². The van der Waals surface area contributed by atoms with Crippen LogP contribution in [0.25, 0.3) is 22.4 Å². The first kappa shape index (κ1) is 31.1. The molecule has 0 bridgehead atoms. The van der Waals surface area contributed by atoms with Crippen LogP contribution in [0.5, 0.6) is 6.01 Å². The van der Waals surface area contributed by atoms with Crippen molar-refractivity contribution in [3.63, 3.8) is 0 Å². The fourth-order valence-corrected chi connectivity index (χ4v) is 6.22. The second kappa shape index (κ2) is 11.5. The van der Waals surface area contributed by atoms with Gasteiger partial charge in [-0.2, -0.15) is 4.98 Å². The van der Waals surface area contributed by atoms with Crippen molar-refractivity contribution in [1.82, 2.24) is 14.5 Å². The Hall–Kier alpha value is -1.90. The van der Waals surface area contributed by atoms with Gasteiger partial charge in [-0.3, -0.25) is 4.57 Å². The summed E-state index contributed by atoms with van der Waals surface area (Å²) < 4.78 is 38.2. The highest BCUT2D eigenvalue weighted by molar-refractivity contribution is 8.32. The molecule has 5 heterocycles. The van der Waals surface area contributed by atoms with Gasteiger partial charge < -0.3 is 33.4 Å². The number of aliphatic hydroxyl groups is 1. The lowest BCUT2D eigenvalue weighted by atomic mass is 9.79. The molecule has 3 aromatic rings. The number of halogens is 1. The SMILES string of the molecule is CC1(C)OB(c2ccc(-c3nc4nc(O[C@@H]5CO[C@H]6[C@@H]5OC[C@H]6O)n(COCCS(C)(C)C)c4cc3Cl)cc2)OC1(C)C. The molecule has 0 saturated carbocycles. The summed E-state index contributed by atoms with van der Waals surface area (Å²) in [4.78, 5) is 9.62. The third kappa shape index (κ3) is 6.18. The van der Waals surface area contributed by atoms with Gasteiger partial charge in [0, 0.05) is 11.3 Å². The van der Waals surface area contributed by atoms with Crippen LogP contribution in [0.1, 0.15) is 27.7 Å². The van der Waals surface area contributed by atoms with Gasteiger partial charge in [0.15, 0.2) is 11.8 Å². The van der Waals surface area contributed by atoms with E-state index < -0.39 is 46.7 Å². The van der Waals surface area contributed by atoms with E-state index in [-0.39, 0.29) is 19.4 Å². The van der Waals surface area contributed by atoms with Gasteiger partial charge >= 0.3 is 13.1 Å². The molecule has 0 radical (unpaired) electrons. The zero-order chi connectivity index (χ0) is 30.7. The van der Waals surface area contributed by atoms with Crippen molar-refractivity contribution < 1.29 is 33.4 Å². The van der Waals surface area contributed by atoms with E-state index in [1.807, 2.05) is 62.6 Å². The van der Waals surface area contributed by atoms with Crippen molar-refractivity contribution in [2.24, 2.45) is 0 Å². The Balaban J connectivity index is 1.27. The number of fused-ring (bicyclic) bond motifs is 2. The zero-order valence-corrected chi connectivity index (χ0v) is 27.4. The Labute approximate surface area is 259 Å². The molecule has 234 valence electrons. The summed E-state index contributed by atoms with van der Waals surface area (Å²) >= 11 is 6.84. The lowest BCUT2D eigenvalue weighted by molar-refractivity contribution is 0.00347. The second-order valence-electron chi connectivity index (χ2n) is 13.3. The Bertz CT molecular complexity index is 1460. The first-order chi connectivity index (χ1) is 20.2. The normalized spacial score (nSPS) is 26.8. The van der Waals surface area contributed by atoms with Crippen molar-refractivity contribution in [2.75, 3.05) is 44.3 Å². The Morgan fingerprint density at radius 2 is 1.70 bits per heavy atom. The van der Waals surface area contributed by atoms with Gasteiger partial charge in [-0.25, -0.2) is 15.0 Å². The van der Waals surface area contributed by atoms with E-state index in [1.165, 1.54) is 0 Å². The van der Waals surface area contributed by atoms with Crippen LogP contribution in [-0.4, -0.2) is 107 Å². The molecule has 10 nitrogen and oxygen atoms in total. The smallest absolute Gasteiger partial charge is 0.456 e. The standard InChI is InChI=1S/C30H41BClN3O7S/c1-29(2)30(3,4)42-31(41-29)19-10-8-18(9-11-19)24-20(32)14-21-27(33-24)34-28(35(21)17-37-12-13-43(5,6)7)40-23-16-39-25-22(36)15-38-26(23)25/h8-11,14,22-23,25-26,36H,12-13,15-17H2,1-7H3/t22-,23-,25-,26-/m1/s1. The summed E-state index contributed by atoms with van der Waals surface area (Å²) in [6.07, 6.45) is 4.91. The molecule has 1 N–H and O–H groups in total. The van der Waals surface area contributed by atoms with E-state index in [0.717, 1.165) is 16.8 Å². The molecule has 6 rings (SSSR count). The maximum atomic E-state index is 10.2. The first-order valence-corrected chi connectivity index (χ1v) is 18.0. The molecule has 0 unspecified atom stereocenters. The van der Waals surface area contributed by atoms with E-state index in [1.54, 1.807) is 0 Å². The van der Waals surface area contributed by atoms with Gasteiger partial charge in [-0.15, -0.1) is 0 Å². The highest BCUT2D eigenvalue weighted by atomic mass is 35.5. The Kier molecular flexibility index (Phi) is 8.30. The Morgan fingerprint density at radius 1 is 1.02 bits per heavy atom. The van der Waals surface area contributed by atoms with E-state index in [2.05, 4.69) is 18.8 Å². The predicted molar refractivity (Wildman–Crippen MR) is 170 cm³/mol. The van der Waals surface area contributed by atoms with E-state index in [4.69, 9.17) is 49.8 Å². The topological polar surface area (TPSA) is 106 Å². The van der Waals surface area contributed by atoms with Crippen LogP contribution in [-0.2, 0) is 30.3 Å². The molecule has 2 aromatic heterocycles. The third-order valence-electron chi connectivity index (χ3n) is 8.67. The highest BCUT2D eigenvalue weighted by Gasteiger charge is 2.52. The molecule has 13 heteroatoms. The van der Waals surface area contributed by atoms with Crippen LogP contribution in [0, 0.1) is 0 Å². The summed E-state index contributed by atoms with van der Waals surface area (Å²) in [5.41, 5.74) is 2.71. The quantitative estimate of drug-likeness (QED) is 0.279. The van der Waals surface area contributed by atoms with Gasteiger partial charge in [0.1, 0.15) is 25.0 Å². The number of aromatic nitrogens is 3. The fraction of sp³-hybridized carbons (Fsp3) is 0.600. The highest BCUT2D eigenvalue weighted by Crippen LogP contribution is 2.38. The second-order valence-corrected chi connectivity index (χ2v) is 18.3. The Morgan fingerprint density at radius 3 is 2.37 bits per heavy atom. The molecule has 3 aliphatic heterocycles. The molecule has 43 heavy (non-hydrogen) atoms. The van der Waals surface area contributed by atoms with E-state index >= 15 is 0 Å². The summed E-state index contributed by atoms with van der Waals surface area (Å²) in [5, 5.41) is 10.7. The molecule has 0 amide bonds. The number of nitrogens with zero attached hydrogens (tertiary/aromatic N) is 3. The number of pyridine rings is 1. The van der Waals surface area contributed by atoms with Crippen LogP contribution in [0.3, 0.4) is 0 Å². The van der Waals surface area contributed by atoms with Crippen LogP contribution < -0.4 is 10.2 Å². The van der Waals surface area contributed by atoms with Gasteiger partial charge in [0.25, 0.3) is 0 Å². The minimum atomic E-state index is -0.702. The van der Waals surface area contributed by atoms with E-state index in [9.17, 15) is 5.11 Å². The van der Waals surface area contributed by atoms with Crippen molar-refractivity contribution >= 4 is 45.4 Å². The number of benzene rings is 1. The summed E-state index contributed by atoms with van der Waals surface area (Å²) in [6, 6.07) is 10.1. The van der Waals surface area contributed by atoms with Crippen molar-refractivity contribution in [1.29, 1.82) is 0 Å². The first-order valence-electron chi connectivity index (χ1n) is 14.6. The predicted octanol–water partition coefficient (Wildman–Crippen LogP) is 3.62. The van der Waals surface area contributed by atoms with Gasteiger partial charge in [-0.1, -0.05) is 35.9 Å². The minimum Gasteiger partial charge on any atom is -0.456 e. The summed E-state index contributed by atoms with van der Waals surface area (Å²) in [6.45, 7) is 9.50. The molecule has 4 atom stereocenters. The number of aliphatic hydroxyl groups excluding tert-OH is 1. The number of ether oxygens (including phenoxy) is 4. The molecule has 1 aromatic carbocycles. The summed E-state index contributed by atoms with van der Waals surface area (Å²) in [5.74, 6) is 0.979. The maximum absolute atomic E-state index is 10.2. The monoisotopic (exact) mass is 633 g/mol. The van der Waals surface area contributed by atoms with Gasteiger partial charge in [0.2, 0.25) is 0 Å². The molecular formula is C30H41BClN3O7S. The minimum absolute atomic E-state index is 0.220. The average molecular weight is 634 g/mol. The summed E-state index contributed by atoms with van der Waals surface area (Å²) in [7, 11) is -1.16. The number of imidazole rings is 1. The number of hydrogen-bond donors (Lipinski definition) is 1. The van der Waals surface area contributed by atoms with Crippen LogP contribution >= 0.6 is 21.6 Å². The van der Waals surface area contributed by atoms with Crippen molar-refractivity contribution in [3.05, 3.63) is 35.4 Å². The number of rotatable bonds is 9. The zero-order valence-electron chi connectivity index (χ0n) is 25.8. The fourth-order valence-electron chi connectivity index (χ4n) is 5.34.